The van der Waals surface area contributed by atoms with Gasteiger partial charge < -0.3 is 18.6 Å². The molecular formula is C27H26O5. The summed E-state index contributed by atoms with van der Waals surface area (Å²) in [6, 6.07) is 25.1. The van der Waals surface area contributed by atoms with Gasteiger partial charge in [-0.1, -0.05) is 74.0 Å². The summed E-state index contributed by atoms with van der Waals surface area (Å²) < 4.78 is 23.3. The number of benzene rings is 3. The standard InChI is InChI=1S/C27H26O5/c1-2-3-16-29-26-25(31-19-21-12-8-5-9-13-21)23-15-14-22(17-24(23)32-27(26)28)30-18-20-10-6-4-7-11-20/h4-15,17H,2-3,16,18-19H2,1H3. The summed E-state index contributed by atoms with van der Waals surface area (Å²) in [5, 5.41) is 0.666. The third-order valence-electron chi connectivity index (χ3n) is 5.01. The van der Waals surface area contributed by atoms with Gasteiger partial charge in [-0.15, -0.1) is 0 Å². The first-order chi connectivity index (χ1) is 15.7. The second-order valence-corrected chi connectivity index (χ2v) is 7.46. The van der Waals surface area contributed by atoms with Crippen molar-refractivity contribution in [2.24, 2.45) is 0 Å². The van der Waals surface area contributed by atoms with Crippen molar-refractivity contribution in [2.45, 2.75) is 33.0 Å². The summed E-state index contributed by atoms with van der Waals surface area (Å²) in [5.74, 6) is 1.11. The fourth-order valence-corrected chi connectivity index (χ4v) is 3.28. The van der Waals surface area contributed by atoms with E-state index in [9.17, 15) is 4.79 Å². The number of unbranched alkanes of at least 4 members (excludes halogenated alkanes) is 1. The molecule has 0 atom stereocenters. The number of hydrogen-bond donors (Lipinski definition) is 0. The monoisotopic (exact) mass is 430 g/mol. The van der Waals surface area contributed by atoms with Crippen LogP contribution in [0.2, 0.25) is 0 Å². The third kappa shape index (κ3) is 5.30. The lowest BCUT2D eigenvalue weighted by molar-refractivity contribution is 0.250. The van der Waals surface area contributed by atoms with Crippen LogP contribution in [0.5, 0.6) is 17.2 Å². The molecule has 0 radical (unpaired) electrons. The molecule has 4 aromatic rings. The van der Waals surface area contributed by atoms with Crippen LogP contribution in [0.4, 0.5) is 0 Å². The predicted octanol–water partition coefficient (Wildman–Crippen LogP) is 6.13. The van der Waals surface area contributed by atoms with Crippen molar-refractivity contribution in [3.8, 4) is 17.2 Å². The highest BCUT2D eigenvalue weighted by Gasteiger charge is 2.19. The molecule has 0 spiro atoms. The van der Waals surface area contributed by atoms with E-state index in [4.69, 9.17) is 18.6 Å². The molecule has 5 heteroatoms. The number of fused-ring (bicyclic) bond motifs is 1. The molecule has 0 amide bonds. The van der Waals surface area contributed by atoms with Crippen LogP contribution in [0.3, 0.4) is 0 Å². The van der Waals surface area contributed by atoms with Gasteiger partial charge in [-0.25, -0.2) is 4.79 Å². The van der Waals surface area contributed by atoms with Crippen LogP contribution < -0.4 is 19.8 Å². The van der Waals surface area contributed by atoms with E-state index < -0.39 is 5.63 Å². The summed E-state index contributed by atoms with van der Waals surface area (Å²) in [6.45, 7) is 3.23. The third-order valence-corrected chi connectivity index (χ3v) is 5.01. The van der Waals surface area contributed by atoms with Crippen molar-refractivity contribution >= 4 is 11.0 Å². The molecule has 0 fully saturated rings. The Kier molecular flexibility index (Phi) is 7.08. The molecule has 0 saturated heterocycles. The summed E-state index contributed by atoms with van der Waals surface area (Å²) >= 11 is 0. The van der Waals surface area contributed by atoms with Gasteiger partial charge in [-0.2, -0.15) is 0 Å². The summed E-state index contributed by atoms with van der Waals surface area (Å²) in [4.78, 5) is 12.7. The highest BCUT2D eigenvalue weighted by atomic mass is 16.5. The van der Waals surface area contributed by atoms with Crippen molar-refractivity contribution in [1.29, 1.82) is 0 Å². The Morgan fingerprint density at radius 3 is 2.06 bits per heavy atom. The van der Waals surface area contributed by atoms with E-state index in [2.05, 4.69) is 6.92 Å². The van der Waals surface area contributed by atoms with E-state index in [-0.39, 0.29) is 5.75 Å². The van der Waals surface area contributed by atoms with Gasteiger partial charge in [0.15, 0.2) is 5.75 Å². The Morgan fingerprint density at radius 2 is 1.41 bits per heavy atom. The van der Waals surface area contributed by atoms with Crippen LogP contribution in [-0.4, -0.2) is 6.61 Å². The predicted molar refractivity (Wildman–Crippen MR) is 124 cm³/mol. The highest BCUT2D eigenvalue weighted by Crippen LogP contribution is 2.35. The van der Waals surface area contributed by atoms with Crippen LogP contribution in [0.1, 0.15) is 30.9 Å². The fraction of sp³-hybridized carbons (Fsp3) is 0.222. The maximum atomic E-state index is 12.7. The smallest absolute Gasteiger partial charge is 0.383 e. The second kappa shape index (κ2) is 10.5. The van der Waals surface area contributed by atoms with Crippen LogP contribution in [0.15, 0.2) is 88.1 Å². The first-order valence-corrected chi connectivity index (χ1v) is 10.8. The van der Waals surface area contributed by atoms with E-state index in [0.29, 0.717) is 42.3 Å². The van der Waals surface area contributed by atoms with Crippen LogP contribution in [0, 0.1) is 0 Å². The Morgan fingerprint density at radius 1 is 0.750 bits per heavy atom. The van der Waals surface area contributed by atoms with Crippen molar-refractivity contribution in [3.63, 3.8) is 0 Å². The molecular weight excluding hydrogens is 404 g/mol. The van der Waals surface area contributed by atoms with Gasteiger partial charge >= 0.3 is 5.63 Å². The number of hydrogen-bond acceptors (Lipinski definition) is 5. The van der Waals surface area contributed by atoms with Gasteiger partial charge in [-0.05, 0) is 29.7 Å². The zero-order valence-corrected chi connectivity index (χ0v) is 18.1. The fourth-order valence-electron chi connectivity index (χ4n) is 3.28. The molecule has 0 bridgehead atoms. The molecule has 1 heterocycles. The maximum Gasteiger partial charge on any atom is 0.383 e. The van der Waals surface area contributed by atoms with E-state index in [0.717, 1.165) is 24.0 Å². The minimum absolute atomic E-state index is 0.111. The molecule has 0 N–H and O–H groups in total. The Labute approximate surface area is 187 Å². The molecule has 5 nitrogen and oxygen atoms in total. The Bertz CT molecular complexity index is 1200. The molecule has 4 rings (SSSR count). The normalized spacial score (nSPS) is 10.8. The van der Waals surface area contributed by atoms with Crippen LogP contribution >= 0.6 is 0 Å². The minimum atomic E-state index is -0.558. The molecule has 0 aliphatic heterocycles. The quantitative estimate of drug-likeness (QED) is 0.224. The van der Waals surface area contributed by atoms with Gasteiger partial charge in [0.25, 0.3) is 0 Å². The van der Waals surface area contributed by atoms with Gasteiger partial charge in [0.2, 0.25) is 5.75 Å². The van der Waals surface area contributed by atoms with Gasteiger partial charge in [0, 0.05) is 6.07 Å². The van der Waals surface area contributed by atoms with Crippen molar-refractivity contribution in [2.75, 3.05) is 6.61 Å². The molecule has 164 valence electrons. The average molecular weight is 431 g/mol. The number of ether oxygens (including phenoxy) is 3. The SMILES string of the molecule is CCCCOc1c(OCc2ccccc2)c2ccc(OCc3ccccc3)cc2oc1=O. The number of rotatable bonds is 10. The van der Waals surface area contributed by atoms with Crippen molar-refractivity contribution in [1.82, 2.24) is 0 Å². The second-order valence-electron chi connectivity index (χ2n) is 7.46. The molecule has 0 saturated carbocycles. The van der Waals surface area contributed by atoms with Crippen LogP contribution in [0.25, 0.3) is 11.0 Å². The first kappa shape index (κ1) is 21.5. The summed E-state index contributed by atoms with van der Waals surface area (Å²) in [5.41, 5.74) is 1.89. The Balaban J connectivity index is 1.64. The summed E-state index contributed by atoms with van der Waals surface area (Å²) in [6.07, 6.45) is 1.79. The van der Waals surface area contributed by atoms with Gasteiger partial charge in [0.1, 0.15) is 24.5 Å². The Hall–Kier alpha value is -3.73. The zero-order chi connectivity index (χ0) is 22.2. The first-order valence-electron chi connectivity index (χ1n) is 10.8. The van der Waals surface area contributed by atoms with E-state index in [1.54, 1.807) is 6.07 Å². The van der Waals surface area contributed by atoms with E-state index >= 15 is 0 Å². The molecule has 0 unspecified atom stereocenters. The molecule has 0 aliphatic rings. The molecule has 32 heavy (non-hydrogen) atoms. The van der Waals surface area contributed by atoms with Crippen molar-refractivity contribution in [3.05, 3.63) is 100 Å². The topological polar surface area (TPSA) is 57.9 Å². The van der Waals surface area contributed by atoms with Gasteiger partial charge in [-0.3, -0.25) is 0 Å². The zero-order valence-electron chi connectivity index (χ0n) is 18.1. The average Bonchev–Trinajstić information content (AvgIpc) is 2.83. The van der Waals surface area contributed by atoms with Crippen molar-refractivity contribution < 1.29 is 18.6 Å². The minimum Gasteiger partial charge on any atom is -0.489 e. The van der Waals surface area contributed by atoms with E-state index in [1.807, 2.05) is 72.8 Å². The molecule has 3 aromatic carbocycles. The highest BCUT2D eigenvalue weighted by molar-refractivity contribution is 5.86. The van der Waals surface area contributed by atoms with Gasteiger partial charge in [0.05, 0.1) is 12.0 Å². The maximum absolute atomic E-state index is 12.7. The largest absolute Gasteiger partial charge is 0.489 e. The van der Waals surface area contributed by atoms with E-state index in [1.165, 1.54) is 0 Å². The molecule has 0 aliphatic carbocycles. The summed E-state index contributed by atoms with van der Waals surface area (Å²) in [7, 11) is 0. The lowest BCUT2D eigenvalue weighted by atomic mass is 10.2. The molecule has 1 aromatic heterocycles. The lowest BCUT2D eigenvalue weighted by Gasteiger charge is -2.14. The van der Waals surface area contributed by atoms with Crippen LogP contribution in [-0.2, 0) is 13.2 Å². The lowest BCUT2D eigenvalue weighted by Crippen LogP contribution is -2.11.